The van der Waals surface area contributed by atoms with Crippen LogP contribution in [0.4, 0.5) is 0 Å². The summed E-state index contributed by atoms with van der Waals surface area (Å²) >= 11 is 5.94. The maximum absolute atomic E-state index is 12.3. The van der Waals surface area contributed by atoms with Gasteiger partial charge in [0.25, 0.3) is 5.91 Å². The number of fused-ring (bicyclic) bond motifs is 2. The molecule has 1 aromatic rings. The van der Waals surface area contributed by atoms with Crippen molar-refractivity contribution in [1.82, 2.24) is 0 Å². The molecule has 0 saturated heterocycles. The van der Waals surface area contributed by atoms with Crippen molar-refractivity contribution in [2.45, 2.75) is 40.0 Å². The summed E-state index contributed by atoms with van der Waals surface area (Å²) in [4.78, 5) is 16.8. The Balaban J connectivity index is 1.93. The summed E-state index contributed by atoms with van der Waals surface area (Å²) < 4.78 is 0. The maximum atomic E-state index is 12.3. The lowest BCUT2D eigenvalue weighted by Crippen LogP contribution is -2.33. The van der Waals surface area contributed by atoms with Gasteiger partial charge in [-0.05, 0) is 48.8 Å². The number of hydrogen-bond donors (Lipinski definition) is 0. The first-order chi connectivity index (χ1) is 9.34. The van der Waals surface area contributed by atoms with Crippen LogP contribution in [0.25, 0.3) is 0 Å². The quantitative estimate of drug-likeness (QED) is 0.732. The molecule has 2 aliphatic rings. The average Bonchev–Trinajstić information content (AvgIpc) is 2.72. The van der Waals surface area contributed by atoms with Crippen LogP contribution < -0.4 is 0 Å². The molecule has 2 fully saturated rings. The molecule has 3 rings (SSSR count). The fourth-order valence-electron chi connectivity index (χ4n) is 3.91. The molecular weight excluding hydrogens is 270 g/mol. The summed E-state index contributed by atoms with van der Waals surface area (Å²) in [6.45, 7) is 6.90. The number of nitrogens with zero attached hydrogens (tertiary/aromatic N) is 1. The van der Waals surface area contributed by atoms with Crippen LogP contribution in [0.3, 0.4) is 0 Å². The maximum Gasteiger partial charge on any atom is 0.276 e. The van der Waals surface area contributed by atoms with Crippen LogP contribution in [0.1, 0.15) is 50.4 Å². The van der Waals surface area contributed by atoms with Gasteiger partial charge < -0.3 is 0 Å². The third-order valence-electron chi connectivity index (χ3n) is 5.82. The Morgan fingerprint density at radius 1 is 1.35 bits per heavy atom. The van der Waals surface area contributed by atoms with E-state index in [0.717, 1.165) is 18.6 Å². The third kappa shape index (κ3) is 1.85. The van der Waals surface area contributed by atoms with Crippen LogP contribution in [-0.4, -0.2) is 11.6 Å². The fraction of sp³-hybridized carbons (Fsp3) is 0.529. The highest BCUT2D eigenvalue weighted by atomic mass is 35.5. The molecule has 0 aromatic heterocycles. The van der Waals surface area contributed by atoms with Crippen molar-refractivity contribution < 1.29 is 4.79 Å². The van der Waals surface area contributed by atoms with Gasteiger partial charge in [-0.25, -0.2) is 4.99 Å². The second kappa shape index (κ2) is 4.42. The van der Waals surface area contributed by atoms with Crippen molar-refractivity contribution >= 4 is 23.2 Å². The summed E-state index contributed by atoms with van der Waals surface area (Å²) in [5, 5.41) is 0.579. The Morgan fingerprint density at radius 2 is 2.10 bits per heavy atom. The zero-order valence-corrected chi connectivity index (χ0v) is 13.0. The van der Waals surface area contributed by atoms with Gasteiger partial charge in [0.05, 0.1) is 0 Å². The predicted molar refractivity (Wildman–Crippen MR) is 82.4 cm³/mol. The summed E-state index contributed by atoms with van der Waals surface area (Å²) in [5.74, 6) is 0.505. The second-order valence-electron chi connectivity index (χ2n) is 6.87. The summed E-state index contributed by atoms with van der Waals surface area (Å²) in [6.07, 6.45) is 3.37. The van der Waals surface area contributed by atoms with Crippen LogP contribution in [0.2, 0.25) is 5.02 Å². The van der Waals surface area contributed by atoms with Gasteiger partial charge in [-0.3, -0.25) is 4.79 Å². The minimum atomic E-state index is -0.160. The topological polar surface area (TPSA) is 29.4 Å². The standard InChI is InChI=1S/C17H20ClNO/c1-16(2)12-7-8-17(16,3)14(10-12)19-15(20)11-5-4-6-13(18)9-11/h4-6,9,12H,7-8,10H2,1-3H3. The zero-order chi connectivity index (χ0) is 14.5. The Bertz CT molecular complexity index is 605. The molecule has 2 saturated carbocycles. The van der Waals surface area contributed by atoms with Gasteiger partial charge in [-0.15, -0.1) is 0 Å². The number of aliphatic imine (C=N–C) groups is 1. The molecule has 0 heterocycles. The van der Waals surface area contributed by atoms with Crippen LogP contribution in [0, 0.1) is 16.7 Å². The third-order valence-corrected chi connectivity index (χ3v) is 6.06. The Hall–Kier alpha value is -1.15. The molecular formula is C17H20ClNO. The van der Waals surface area contributed by atoms with Gasteiger partial charge in [0.2, 0.25) is 0 Å². The van der Waals surface area contributed by atoms with Crippen LogP contribution >= 0.6 is 11.6 Å². The van der Waals surface area contributed by atoms with E-state index in [-0.39, 0.29) is 16.7 Å². The normalized spacial score (nSPS) is 32.8. The van der Waals surface area contributed by atoms with Crippen molar-refractivity contribution in [3.63, 3.8) is 0 Å². The highest BCUT2D eigenvalue weighted by Gasteiger charge is 2.59. The van der Waals surface area contributed by atoms with E-state index in [1.54, 1.807) is 24.3 Å². The summed E-state index contributed by atoms with van der Waals surface area (Å²) in [5.41, 5.74) is 1.99. The van der Waals surface area contributed by atoms with E-state index in [2.05, 4.69) is 25.8 Å². The Labute approximate surface area is 125 Å². The van der Waals surface area contributed by atoms with E-state index in [4.69, 9.17) is 11.6 Å². The second-order valence-corrected chi connectivity index (χ2v) is 7.30. The van der Waals surface area contributed by atoms with E-state index >= 15 is 0 Å². The number of carbonyl (C=O) groups is 1. The SMILES string of the molecule is CC12CCC(CC1=NC(=O)c1cccc(Cl)c1)C2(C)C. The van der Waals surface area contributed by atoms with Crippen molar-refractivity contribution in [1.29, 1.82) is 0 Å². The van der Waals surface area contributed by atoms with Gasteiger partial charge in [0.1, 0.15) is 0 Å². The molecule has 2 nitrogen and oxygen atoms in total. The fourth-order valence-corrected chi connectivity index (χ4v) is 4.10. The van der Waals surface area contributed by atoms with Gasteiger partial charge in [-0.2, -0.15) is 0 Å². The number of halogens is 1. The molecule has 20 heavy (non-hydrogen) atoms. The average molecular weight is 290 g/mol. The van der Waals surface area contributed by atoms with Crippen LogP contribution in [0.15, 0.2) is 29.3 Å². The Kier molecular flexibility index (Phi) is 3.06. The molecule has 0 radical (unpaired) electrons. The molecule has 2 bridgehead atoms. The number of benzene rings is 1. The highest BCUT2D eigenvalue weighted by Crippen LogP contribution is 2.64. The summed E-state index contributed by atoms with van der Waals surface area (Å²) in [6, 6.07) is 7.03. The van der Waals surface area contributed by atoms with Crippen molar-refractivity contribution in [3.05, 3.63) is 34.9 Å². The first kappa shape index (κ1) is 13.8. The highest BCUT2D eigenvalue weighted by molar-refractivity contribution is 6.31. The van der Waals surface area contributed by atoms with Crippen molar-refractivity contribution in [3.8, 4) is 0 Å². The minimum Gasteiger partial charge on any atom is -0.267 e. The predicted octanol–water partition coefficient (Wildman–Crippen LogP) is 4.77. The molecule has 0 aliphatic heterocycles. The lowest BCUT2D eigenvalue weighted by atomic mass is 9.70. The smallest absolute Gasteiger partial charge is 0.267 e. The van der Waals surface area contributed by atoms with Gasteiger partial charge in [0, 0.05) is 21.7 Å². The van der Waals surface area contributed by atoms with Gasteiger partial charge >= 0.3 is 0 Å². The molecule has 1 amide bonds. The molecule has 2 unspecified atom stereocenters. The molecule has 0 spiro atoms. The molecule has 2 aliphatic carbocycles. The number of carbonyl (C=O) groups excluding carboxylic acids is 1. The van der Waals surface area contributed by atoms with Crippen LogP contribution in [-0.2, 0) is 0 Å². The van der Waals surface area contributed by atoms with E-state index < -0.39 is 0 Å². The first-order valence-corrected chi connectivity index (χ1v) is 7.60. The van der Waals surface area contributed by atoms with Gasteiger partial charge in [-0.1, -0.05) is 38.4 Å². The molecule has 1 aromatic carbocycles. The largest absolute Gasteiger partial charge is 0.276 e. The van der Waals surface area contributed by atoms with Crippen LogP contribution in [0.5, 0.6) is 0 Å². The number of hydrogen-bond acceptors (Lipinski definition) is 1. The minimum absolute atomic E-state index is 0.0753. The number of amides is 1. The lowest BCUT2D eigenvalue weighted by molar-refractivity contribution is 0.100. The van der Waals surface area contributed by atoms with Crippen molar-refractivity contribution in [2.75, 3.05) is 0 Å². The monoisotopic (exact) mass is 289 g/mol. The Morgan fingerprint density at radius 3 is 2.65 bits per heavy atom. The molecule has 0 N–H and O–H groups in total. The van der Waals surface area contributed by atoms with E-state index in [1.807, 2.05) is 0 Å². The first-order valence-electron chi connectivity index (χ1n) is 7.22. The van der Waals surface area contributed by atoms with Gasteiger partial charge in [0.15, 0.2) is 0 Å². The van der Waals surface area contributed by atoms with Crippen molar-refractivity contribution in [2.24, 2.45) is 21.7 Å². The van der Waals surface area contributed by atoms with E-state index in [1.165, 1.54) is 6.42 Å². The molecule has 3 heteroatoms. The zero-order valence-electron chi connectivity index (χ0n) is 12.2. The van der Waals surface area contributed by atoms with E-state index in [9.17, 15) is 4.79 Å². The molecule has 2 atom stereocenters. The molecule has 106 valence electrons. The van der Waals surface area contributed by atoms with E-state index in [0.29, 0.717) is 16.5 Å². The lowest BCUT2D eigenvalue weighted by Gasteiger charge is -2.34. The summed E-state index contributed by atoms with van der Waals surface area (Å²) in [7, 11) is 0. The number of rotatable bonds is 1.